The second-order valence-electron chi connectivity index (χ2n) is 1.86. The molecule has 3 heteroatoms. The highest BCUT2D eigenvalue weighted by molar-refractivity contribution is 6.38. The van der Waals surface area contributed by atoms with Gasteiger partial charge in [0.2, 0.25) is 0 Å². The highest BCUT2D eigenvalue weighted by atomic mass is 16.1. The second kappa shape index (κ2) is 2.44. The molecule has 0 unspecified atom stereocenters. The summed E-state index contributed by atoms with van der Waals surface area (Å²) in [5.41, 5.74) is 5.45. The first-order valence-electron chi connectivity index (χ1n) is 2.82. The van der Waals surface area contributed by atoms with E-state index in [1.54, 1.807) is 6.20 Å². The molecule has 0 saturated heterocycles. The van der Waals surface area contributed by atoms with E-state index < -0.39 is 5.91 Å². The lowest BCUT2D eigenvalue weighted by Gasteiger charge is -2.00. The largest absolute Gasteiger partial charge is 0.365 e. The Morgan fingerprint density at radius 3 is 2.89 bits per heavy atom. The van der Waals surface area contributed by atoms with Crippen LogP contribution in [0.3, 0.4) is 0 Å². The van der Waals surface area contributed by atoms with Gasteiger partial charge in [0.25, 0.3) is 5.91 Å². The smallest absolute Gasteiger partial charge is 0.263 e. The number of nitrogens with two attached hydrogens (primary N) is 1. The second-order valence-corrected chi connectivity index (χ2v) is 1.86. The van der Waals surface area contributed by atoms with Gasteiger partial charge in [0.05, 0.1) is 0 Å². The molecule has 1 rings (SSSR count). The summed E-state index contributed by atoms with van der Waals surface area (Å²) in [6.07, 6.45) is 5.09. The molecule has 0 spiro atoms. The number of rotatable bonds is 1. The van der Waals surface area contributed by atoms with E-state index in [4.69, 9.17) is 5.73 Å². The van der Waals surface area contributed by atoms with Crippen molar-refractivity contribution in [2.75, 3.05) is 0 Å². The summed E-state index contributed by atoms with van der Waals surface area (Å²) in [6, 6.07) is 0. The summed E-state index contributed by atoms with van der Waals surface area (Å²) in [4.78, 5) is 14.2. The van der Waals surface area contributed by atoms with Crippen molar-refractivity contribution >= 4 is 11.6 Å². The lowest BCUT2D eigenvalue weighted by Crippen LogP contribution is -2.23. The van der Waals surface area contributed by atoms with Gasteiger partial charge in [-0.15, -0.1) is 0 Å². The fourth-order valence-electron chi connectivity index (χ4n) is 0.689. The maximum absolute atomic E-state index is 10.4. The Labute approximate surface area is 53.3 Å². The molecule has 0 atom stereocenters. The summed E-state index contributed by atoms with van der Waals surface area (Å²) in [6.45, 7) is 0. The van der Waals surface area contributed by atoms with Crippen LogP contribution < -0.4 is 5.73 Å². The SMILES string of the molecule is NC(=O)C1=NC=CCC1. The van der Waals surface area contributed by atoms with Crippen molar-refractivity contribution in [1.82, 2.24) is 0 Å². The van der Waals surface area contributed by atoms with Gasteiger partial charge < -0.3 is 5.73 Å². The first-order chi connectivity index (χ1) is 4.30. The van der Waals surface area contributed by atoms with Crippen molar-refractivity contribution < 1.29 is 4.79 Å². The van der Waals surface area contributed by atoms with Gasteiger partial charge in [-0.05, 0) is 12.8 Å². The summed E-state index contributed by atoms with van der Waals surface area (Å²) < 4.78 is 0. The van der Waals surface area contributed by atoms with E-state index in [-0.39, 0.29) is 0 Å². The lowest BCUT2D eigenvalue weighted by atomic mass is 10.2. The van der Waals surface area contributed by atoms with Crippen LogP contribution in [0.1, 0.15) is 12.8 Å². The predicted molar refractivity (Wildman–Crippen MR) is 35.0 cm³/mol. The predicted octanol–water partition coefficient (Wildman–Crippen LogP) is 0.220. The average Bonchev–Trinajstić information content (AvgIpc) is 1.90. The third-order valence-electron chi connectivity index (χ3n) is 1.17. The van der Waals surface area contributed by atoms with E-state index in [0.29, 0.717) is 12.1 Å². The Hall–Kier alpha value is -1.12. The molecular weight excluding hydrogens is 116 g/mol. The van der Waals surface area contributed by atoms with Crippen molar-refractivity contribution in [3.8, 4) is 0 Å². The van der Waals surface area contributed by atoms with Gasteiger partial charge >= 0.3 is 0 Å². The number of carbonyl (C=O) groups is 1. The molecule has 0 aromatic rings. The van der Waals surface area contributed by atoms with Gasteiger partial charge in [0.1, 0.15) is 5.71 Å². The zero-order valence-electron chi connectivity index (χ0n) is 5.00. The van der Waals surface area contributed by atoms with Crippen LogP contribution in [-0.4, -0.2) is 11.6 Å². The number of allylic oxidation sites excluding steroid dienone is 1. The van der Waals surface area contributed by atoms with E-state index >= 15 is 0 Å². The molecule has 1 amide bonds. The van der Waals surface area contributed by atoms with E-state index in [0.717, 1.165) is 6.42 Å². The number of aliphatic imine (C=N–C) groups is 1. The van der Waals surface area contributed by atoms with Gasteiger partial charge in [-0.2, -0.15) is 0 Å². The van der Waals surface area contributed by atoms with Gasteiger partial charge in [-0.25, -0.2) is 0 Å². The standard InChI is InChI=1S/C6H8N2O/c7-6(9)5-3-1-2-4-8-5/h2,4H,1,3H2,(H2,7,9). The van der Waals surface area contributed by atoms with Crippen molar-refractivity contribution in [3.63, 3.8) is 0 Å². The Kier molecular flexibility index (Phi) is 1.63. The summed E-state index contributed by atoms with van der Waals surface area (Å²) >= 11 is 0. The van der Waals surface area contributed by atoms with Crippen LogP contribution >= 0.6 is 0 Å². The molecule has 0 aliphatic carbocycles. The Balaban J connectivity index is 2.68. The van der Waals surface area contributed by atoms with E-state index in [2.05, 4.69) is 4.99 Å². The molecule has 0 radical (unpaired) electrons. The summed E-state index contributed by atoms with van der Waals surface area (Å²) in [7, 11) is 0. The Morgan fingerprint density at radius 1 is 1.78 bits per heavy atom. The topological polar surface area (TPSA) is 55.5 Å². The molecule has 1 aliphatic rings. The molecule has 3 nitrogen and oxygen atoms in total. The minimum atomic E-state index is -0.403. The van der Waals surface area contributed by atoms with Crippen molar-refractivity contribution in [1.29, 1.82) is 0 Å². The van der Waals surface area contributed by atoms with E-state index in [9.17, 15) is 4.79 Å². The number of amides is 1. The minimum absolute atomic E-state index is 0.403. The highest BCUT2D eigenvalue weighted by Gasteiger charge is 2.05. The molecule has 0 fully saturated rings. The maximum atomic E-state index is 10.4. The molecule has 1 aliphatic heterocycles. The van der Waals surface area contributed by atoms with Crippen LogP contribution in [0.4, 0.5) is 0 Å². The molecule has 48 valence electrons. The monoisotopic (exact) mass is 124 g/mol. The quantitative estimate of drug-likeness (QED) is 0.534. The van der Waals surface area contributed by atoms with Gasteiger partial charge in [0, 0.05) is 6.20 Å². The molecule has 0 bridgehead atoms. The minimum Gasteiger partial charge on any atom is -0.365 e. The Morgan fingerprint density at radius 2 is 2.56 bits per heavy atom. The van der Waals surface area contributed by atoms with Gasteiger partial charge in [-0.1, -0.05) is 6.08 Å². The summed E-state index contributed by atoms with van der Waals surface area (Å²) in [5.74, 6) is -0.403. The van der Waals surface area contributed by atoms with Crippen molar-refractivity contribution in [3.05, 3.63) is 12.3 Å². The van der Waals surface area contributed by atoms with Crippen LogP contribution in [-0.2, 0) is 4.79 Å². The van der Waals surface area contributed by atoms with E-state index in [1.165, 1.54) is 0 Å². The number of hydrogen-bond donors (Lipinski definition) is 1. The molecule has 2 N–H and O–H groups in total. The molecule has 0 saturated carbocycles. The van der Waals surface area contributed by atoms with Gasteiger partial charge in [-0.3, -0.25) is 9.79 Å². The molecule has 1 heterocycles. The number of nitrogens with zero attached hydrogens (tertiary/aromatic N) is 1. The van der Waals surface area contributed by atoms with Gasteiger partial charge in [0.15, 0.2) is 0 Å². The third-order valence-corrected chi connectivity index (χ3v) is 1.17. The van der Waals surface area contributed by atoms with Crippen LogP contribution in [0.5, 0.6) is 0 Å². The van der Waals surface area contributed by atoms with Crippen molar-refractivity contribution in [2.45, 2.75) is 12.8 Å². The molecular formula is C6H8N2O. The van der Waals surface area contributed by atoms with Crippen LogP contribution in [0.2, 0.25) is 0 Å². The number of primary amides is 1. The molecule has 0 aromatic carbocycles. The number of carbonyl (C=O) groups excluding carboxylic acids is 1. The first-order valence-corrected chi connectivity index (χ1v) is 2.82. The Bertz CT molecular complexity index is 181. The first kappa shape index (κ1) is 6.01. The highest BCUT2D eigenvalue weighted by Crippen LogP contribution is 2.01. The fraction of sp³-hybridized carbons (Fsp3) is 0.333. The summed E-state index contributed by atoms with van der Waals surface area (Å²) in [5, 5.41) is 0. The normalized spacial score (nSPS) is 17.1. The van der Waals surface area contributed by atoms with Crippen LogP contribution in [0.25, 0.3) is 0 Å². The van der Waals surface area contributed by atoms with Crippen LogP contribution in [0, 0.1) is 0 Å². The molecule has 9 heavy (non-hydrogen) atoms. The zero-order valence-corrected chi connectivity index (χ0v) is 5.00. The van der Waals surface area contributed by atoms with Crippen molar-refractivity contribution in [2.24, 2.45) is 10.7 Å². The van der Waals surface area contributed by atoms with Crippen LogP contribution in [0.15, 0.2) is 17.3 Å². The lowest BCUT2D eigenvalue weighted by molar-refractivity contribution is -0.112. The zero-order chi connectivity index (χ0) is 6.69. The molecule has 0 aromatic heterocycles. The number of hydrogen-bond acceptors (Lipinski definition) is 2. The average molecular weight is 124 g/mol. The van der Waals surface area contributed by atoms with E-state index in [1.807, 2.05) is 6.08 Å². The fourth-order valence-corrected chi connectivity index (χ4v) is 0.689. The maximum Gasteiger partial charge on any atom is 0.263 e. The third kappa shape index (κ3) is 1.38.